The molecular weight excluding hydrogens is 354 g/mol. The Morgan fingerprint density at radius 1 is 1.19 bits per heavy atom. The van der Waals surface area contributed by atoms with Gasteiger partial charge in [0.25, 0.3) is 0 Å². The topological polar surface area (TPSA) is 93.4 Å². The normalized spacial score (nSPS) is 27.1. The van der Waals surface area contributed by atoms with Crippen molar-refractivity contribution >= 4 is 24.3 Å². The van der Waals surface area contributed by atoms with Crippen LogP contribution in [0.3, 0.4) is 0 Å². The highest BCUT2D eigenvalue weighted by atomic mass is 35.5. The zero-order valence-electron chi connectivity index (χ0n) is 15.0. The van der Waals surface area contributed by atoms with E-state index in [0.717, 1.165) is 44.0 Å². The van der Waals surface area contributed by atoms with Crippen LogP contribution in [0.1, 0.15) is 31.2 Å². The van der Waals surface area contributed by atoms with E-state index in [0.29, 0.717) is 25.1 Å². The first-order chi connectivity index (χ1) is 12.2. The number of aromatic nitrogens is 2. The Hall–Kier alpha value is -1.44. The number of nitrogens with zero attached hydrogens (tertiary/aromatic N) is 3. The molecule has 7 nitrogen and oxygen atoms in total. The maximum atomic E-state index is 12.6. The lowest BCUT2D eigenvalue weighted by Gasteiger charge is -2.25. The summed E-state index contributed by atoms with van der Waals surface area (Å²) in [6.45, 7) is 4.16. The fourth-order valence-electron chi connectivity index (χ4n) is 4.16. The molecule has 1 amide bonds. The number of halogens is 1. The lowest BCUT2D eigenvalue weighted by Crippen LogP contribution is -2.45. The van der Waals surface area contributed by atoms with Crippen molar-refractivity contribution in [2.24, 2.45) is 17.8 Å². The Bertz CT molecular complexity index is 604. The van der Waals surface area contributed by atoms with Gasteiger partial charge in [0.1, 0.15) is 0 Å². The largest absolute Gasteiger partial charge is 0.381 e. The van der Waals surface area contributed by atoms with Crippen LogP contribution in [-0.4, -0.2) is 53.1 Å². The lowest BCUT2D eigenvalue weighted by atomic mass is 9.95. The summed E-state index contributed by atoms with van der Waals surface area (Å²) < 4.78 is 5.37. The molecule has 3 aliphatic rings. The fourth-order valence-corrected chi connectivity index (χ4v) is 4.16. The second kappa shape index (κ2) is 8.50. The van der Waals surface area contributed by atoms with E-state index in [1.807, 2.05) is 0 Å². The third-order valence-corrected chi connectivity index (χ3v) is 5.72. The molecule has 0 bridgehead atoms. The van der Waals surface area contributed by atoms with E-state index in [1.165, 1.54) is 12.8 Å². The SMILES string of the molecule is Cl.Nc1ncc(CN2C[C@H](NC(=O)C3CCOCC3)[C@@H](C3CC3)C2)cn1. The van der Waals surface area contributed by atoms with Gasteiger partial charge in [0.2, 0.25) is 11.9 Å². The first kappa shape index (κ1) is 19.3. The predicted molar refractivity (Wildman–Crippen MR) is 101 cm³/mol. The molecule has 144 valence electrons. The van der Waals surface area contributed by atoms with Gasteiger partial charge in [-0.15, -0.1) is 12.4 Å². The molecule has 3 N–H and O–H groups in total. The second-order valence-electron chi connectivity index (χ2n) is 7.65. The van der Waals surface area contributed by atoms with Gasteiger partial charge in [0, 0.05) is 62.8 Å². The second-order valence-corrected chi connectivity index (χ2v) is 7.65. The van der Waals surface area contributed by atoms with Crippen LogP contribution in [0, 0.1) is 17.8 Å². The first-order valence-electron chi connectivity index (χ1n) is 9.36. The van der Waals surface area contributed by atoms with Crippen LogP contribution < -0.4 is 11.1 Å². The van der Waals surface area contributed by atoms with Crippen molar-refractivity contribution in [3.05, 3.63) is 18.0 Å². The van der Waals surface area contributed by atoms with Crippen molar-refractivity contribution in [2.45, 2.75) is 38.3 Å². The number of rotatable bonds is 5. The molecule has 0 unspecified atom stereocenters. The van der Waals surface area contributed by atoms with Gasteiger partial charge in [0.05, 0.1) is 0 Å². The van der Waals surface area contributed by atoms with Crippen LogP contribution in [0.4, 0.5) is 5.95 Å². The van der Waals surface area contributed by atoms with Gasteiger partial charge < -0.3 is 15.8 Å². The Morgan fingerprint density at radius 3 is 2.54 bits per heavy atom. The highest BCUT2D eigenvalue weighted by molar-refractivity contribution is 5.85. The van der Waals surface area contributed by atoms with Crippen LogP contribution in [-0.2, 0) is 16.1 Å². The van der Waals surface area contributed by atoms with E-state index in [2.05, 4.69) is 20.2 Å². The summed E-state index contributed by atoms with van der Waals surface area (Å²) in [7, 11) is 0. The molecule has 0 aromatic carbocycles. The van der Waals surface area contributed by atoms with Gasteiger partial charge in [-0.2, -0.15) is 0 Å². The van der Waals surface area contributed by atoms with E-state index in [4.69, 9.17) is 10.5 Å². The fraction of sp³-hybridized carbons (Fsp3) is 0.722. The van der Waals surface area contributed by atoms with E-state index < -0.39 is 0 Å². The van der Waals surface area contributed by atoms with Crippen molar-refractivity contribution in [2.75, 3.05) is 32.0 Å². The van der Waals surface area contributed by atoms with Crippen LogP contribution in [0.25, 0.3) is 0 Å². The minimum Gasteiger partial charge on any atom is -0.381 e. The number of amides is 1. The number of anilines is 1. The van der Waals surface area contributed by atoms with Crippen LogP contribution >= 0.6 is 12.4 Å². The highest BCUT2D eigenvalue weighted by Crippen LogP contribution is 2.41. The monoisotopic (exact) mass is 381 g/mol. The third kappa shape index (κ3) is 4.64. The number of likely N-dealkylation sites (tertiary alicyclic amines) is 1. The average Bonchev–Trinajstić information content (AvgIpc) is 3.40. The molecule has 4 rings (SSSR count). The molecular formula is C18H28ClN5O2. The van der Waals surface area contributed by atoms with Gasteiger partial charge in [-0.3, -0.25) is 9.69 Å². The van der Waals surface area contributed by atoms with Gasteiger partial charge in [0.15, 0.2) is 0 Å². The quantitative estimate of drug-likeness (QED) is 0.796. The molecule has 1 aromatic rings. The smallest absolute Gasteiger partial charge is 0.223 e. The zero-order valence-corrected chi connectivity index (χ0v) is 15.8. The third-order valence-electron chi connectivity index (χ3n) is 5.72. The standard InChI is InChI=1S/C18H27N5O2.ClH/c19-18-20-7-12(8-21-18)9-23-10-15(13-1-2-13)16(11-23)22-17(24)14-3-5-25-6-4-14;/h7-8,13-16H,1-6,9-11H2,(H,22,24)(H2,19,20,21);1H/t15-,16+;/m1./s1. The number of hydrogen-bond donors (Lipinski definition) is 2. The summed E-state index contributed by atoms with van der Waals surface area (Å²) in [6.07, 6.45) is 7.88. The molecule has 3 fully saturated rings. The Morgan fingerprint density at radius 2 is 1.88 bits per heavy atom. The lowest BCUT2D eigenvalue weighted by molar-refractivity contribution is -0.128. The number of ether oxygens (including phenoxy) is 1. The van der Waals surface area contributed by atoms with Crippen molar-refractivity contribution < 1.29 is 9.53 Å². The predicted octanol–water partition coefficient (Wildman–Crippen LogP) is 1.23. The number of hydrogen-bond acceptors (Lipinski definition) is 6. The maximum absolute atomic E-state index is 12.6. The number of nitrogens with two attached hydrogens (primary N) is 1. The summed E-state index contributed by atoms with van der Waals surface area (Å²) in [4.78, 5) is 23.2. The van der Waals surface area contributed by atoms with Crippen molar-refractivity contribution in [3.8, 4) is 0 Å². The molecule has 0 radical (unpaired) electrons. The Balaban J connectivity index is 0.00000196. The zero-order chi connectivity index (χ0) is 17.2. The van der Waals surface area contributed by atoms with Crippen molar-refractivity contribution in [1.29, 1.82) is 0 Å². The molecule has 1 aromatic heterocycles. The Kier molecular flexibility index (Phi) is 6.32. The van der Waals surface area contributed by atoms with Crippen LogP contribution in [0.5, 0.6) is 0 Å². The van der Waals surface area contributed by atoms with Gasteiger partial charge in [-0.05, 0) is 37.5 Å². The summed E-state index contributed by atoms with van der Waals surface area (Å²) in [5, 5.41) is 3.36. The van der Waals surface area contributed by atoms with Gasteiger partial charge in [-0.1, -0.05) is 0 Å². The highest BCUT2D eigenvalue weighted by Gasteiger charge is 2.43. The molecule has 0 spiro atoms. The van der Waals surface area contributed by atoms with Crippen LogP contribution in [0.15, 0.2) is 12.4 Å². The van der Waals surface area contributed by atoms with E-state index in [1.54, 1.807) is 12.4 Å². The molecule has 1 saturated carbocycles. The van der Waals surface area contributed by atoms with Crippen molar-refractivity contribution in [1.82, 2.24) is 20.2 Å². The summed E-state index contributed by atoms with van der Waals surface area (Å²) in [5.74, 6) is 1.98. The number of nitrogen functional groups attached to an aromatic ring is 1. The minimum absolute atomic E-state index is 0. The molecule has 1 aliphatic carbocycles. The maximum Gasteiger partial charge on any atom is 0.223 e. The summed E-state index contributed by atoms with van der Waals surface area (Å²) >= 11 is 0. The van der Waals surface area contributed by atoms with E-state index in [-0.39, 0.29) is 30.3 Å². The van der Waals surface area contributed by atoms with Crippen molar-refractivity contribution in [3.63, 3.8) is 0 Å². The summed E-state index contributed by atoms with van der Waals surface area (Å²) in [6, 6.07) is 0.262. The summed E-state index contributed by atoms with van der Waals surface area (Å²) in [5.41, 5.74) is 6.63. The number of nitrogens with one attached hydrogen (secondary N) is 1. The van der Waals surface area contributed by atoms with Crippen LogP contribution in [0.2, 0.25) is 0 Å². The minimum atomic E-state index is 0. The molecule has 2 saturated heterocycles. The molecule has 2 atom stereocenters. The first-order valence-corrected chi connectivity index (χ1v) is 9.36. The van der Waals surface area contributed by atoms with Gasteiger partial charge in [-0.25, -0.2) is 9.97 Å². The molecule has 26 heavy (non-hydrogen) atoms. The molecule has 3 heterocycles. The average molecular weight is 382 g/mol. The van der Waals surface area contributed by atoms with E-state index >= 15 is 0 Å². The molecule has 2 aliphatic heterocycles. The van der Waals surface area contributed by atoms with E-state index in [9.17, 15) is 4.79 Å². The Labute approximate surface area is 160 Å². The number of carbonyl (C=O) groups excluding carboxylic acids is 1. The number of carbonyl (C=O) groups is 1. The molecule has 8 heteroatoms. The van der Waals surface area contributed by atoms with Gasteiger partial charge >= 0.3 is 0 Å².